The maximum absolute atomic E-state index is 12.7. The zero-order chi connectivity index (χ0) is 17.6. The summed E-state index contributed by atoms with van der Waals surface area (Å²) in [6.07, 6.45) is 3.35. The molecule has 152 valence electrons. The normalized spacial score (nSPS) is 30.9. The highest BCUT2D eigenvalue weighted by molar-refractivity contribution is 7.91. The number of hydrogen-bond donors (Lipinski definition) is 2. The fourth-order valence-corrected chi connectivity index (χ4v) is 5.90. The molecule has 1 saturated heterocycles. The predicted octanol–water partition coefficient (Wildman–Crippen LogP) is 2.08. The van der Waals surface area contributed by atoms with Crippen molar-refractivity contribution >= 4 is 51.9 Å². The van der Waals surface area contributed by atoms with Crippen molar-refractivity contribution in [2.75, 3.05) is 34.8 Å². The van der Waals surface area contributed by atoms with Crippen LogP contribution in [0.5, 0.6) is 0 Å². The number of carbonyl (C=O) groups excluding carboxylic acids is 1. The van der Waals surface area contributed by atoms with Crippen LogP contribution in [0, 0.1) is 17.8 Å². The highest BCUT2D eigenvalue weighted by Crippen LogP contribution is 2.47. The van der Waals surface area contributed by atoms with Gasteiger partial charge in [-0.05, 0) is 49.3 Å². The van der Waals surface area contributed by atoms with Crippen LogP contribution in [0.3, 0.4) is 0 Å². The van der Waals surface area contributed by atoms with Crippen LogP contribution in [0.2, 0.25) is 0 Å². The third-order valence-corrected chi connectivity index (χ3v) is 7.72. The molecule has 6 nitrogen and oxygen atoms in total. The smallest absolute Gasteiger partial charge is 0.229 e. The van der Waals surface area contributed by atoms with Crippen LogP contribution in [0.25, 0.3) is 0 Å². The molecule has 0 aromatic heterocycles. The van der Waals surface area contributed by atoms with E-state index in [2.05, 4.69) is 10.2 Å². The quantitative estimate of drug-likeness (QED) is 0.757. The van der Waals surface area contributed by atoms with Gasteiger partial charge < -0.3 is 16.0 Å². The summed E-state index contributed by atoms with van der Waals surface area (Å²) in [4.78, 5) is 14.8. The van der Waals surface area contributed by atoms with E-state index in [0.29, 0.717) is 24.9 Å². The molecule has 4 unspecified atom stereocenters. The Morgan fingerprint density at radius 3 is 2.41 bits per heavy atom. The molecule has 1 aromatic rings. The fraction of sp³-hybridized carbons (Fsp3) is 0.611. The highest BCUT2D eigenvalue weighted by atomic mass is 35.5. The molecule has 2 bridgehead atoms. The van der Waals surface area contributed by atoms with Crippen molar-refractivity contribution in [3.63, 3.8) is 0 Å². The number of nitrogens with two attached hydrogens (primary N) is 1. The van der Waals surface area contributed by atoms with Crippen molar-refractivity contribution in [2.45, 2.75) is 25.3 Å². The molecule has 0 radical (unpaired) electrons. The van der Waals surface area contributed by atoms with Gasteiger partial charge in [-0.25, -0.2) is 8.42 Å². The van der Waals surface area contributed by atoms with Gasteiger partial charge in [-0.15, -0.1) is 24.8 Å². The molecule has 2 aliphatic carbocycles. The molecule has 27 heavy (non-hydrogen) atoms. The molecule has 0 spiro atoms. The average Bonchev–Trinajstić information content (AvgIpc) is 3.16. The Morgan fingerprint density at radius 2 is 1.78 bits per heavy atom. The molecule has 1 aromatic carbocycles. The topological polar surface area (TPSA) is 92.5 Å². The van der Waals surface area contributed by atoms with E-state index in [1.165, 1.54) is 0 Å². The molecule has 4 atom stereocenters. The number of benzene rings is 1. The lowest BCUT2D eigenvalue weighted by molar-refractivity contribution is -0.121. The van der Waals surface area contributed by atoms with Crippen LogP contribution >= 0.6 is 24.8 Å². The fourth-order valence-electron chi connectivity index (χ4n) is 4.70. The van der Waals surface area contributed by atoms with E-state index >= 15 is 0 Å². The molecule has 1 aliphatic heterocycles. The third kappa shape index (κ3) is 4.53. The zero-order valence-electron chi connectivity index (χ0n) is 15.0. The van der Waals surface area contributed by atoms with Crippen LogP contribution in [0.1, 0.15) is 19.3 Å². The summed E-state index contributed by atoms with van der Waals surface area (Å²) in [6.45, 7) is 0.994. The van der Waals surface area contributed by atoms with Crippen LogP contribution in [-0.2, 0) is 14.6 Å². The molecule has 4 rings (SSSR count). The summed E-state index contributed by atoms with van der Waals surface area (Å²) >= 11 is 0. The first-order chi connectivity index (χ1) is 11.9. The second-order valence-electron chi connectivity index (χ2n) is 7.61. The summed E-state index contributed by atoms with van der Waals surface area (Å²) in [7, 11) is -2.90. The first-order valence-electron chi connectivity index (χ1n) is 9.05. The first-order valence-corrected chi connectivity index (χ1v) is 10.9. The lowest BCUT2D eigenvalue weighted by Gasteiger charge is -2.29. The molecule has 3 fully saturated rings. The Morgan fingerprint density at radius 1 is 1.11 bits per heavy atom. The number of fused-ring (bicyclic) bond motifs is 2. The standard InChI is InChI=1S/C18H25N3O3S.2ClH/c19-17-13-5-4-12(10-13)16(17)18(22)20-14-2-1-3-15(11-14)21-6-8-25(23,24)9-7-21;;/h1-3,11-13,16-17H,4-10,19H2,(H,20,22);2*1H. The van der Waals surface area contributed by atoms with Gasteiger partial charge >= 0.3 is 0 Å². The van der Waals surface area contributed by atoms with Crippen LogP contribution in [-0.4, -0.2) is 45.0 Å². The minimum absolute atomic E-state index is 0. The van der Waals surface area contributed by atoms with Crippen molar-refractivity contribution in [3.05, 3.63) is 24.3 Å². The first kappa shape index (κ1) is 22.3. The lowest BCUT2D eigenvalue weighted by atomic mass is 9.84. The minimum atomic E-state index is -2.90. The monoisotopic (exact) mass is 435 g/mol. The second-order valence-corrected chi connectivity index (χ2v) is 9.92. The molecule has 9 heteroatoms. The number of amides is 1. The molecular formula is C18H27Cl2N3O3S. The van der Waals surface area contributed by atoms with E-state index < -0.39 is 9.84 Å². The van der Waals surface area contributed by atoms with Gasteiger partial charge in [0.25, 0.3) is 0 Å². The van der Waals surface area contributed by atoms with E-state index in [4.69, 9.17) is 5.73 Å². The Kier molecular flexibility index (Phi) is 7.06. The van der Waals surface area contributed by atoms with Gasteiger partial charge in [0.2, 0.25) is 5.91 Å². The minimum Gasteiger partial charge on any atom is -0.369 e. The maximum Gasteiger partial charge on any atom is 0.229 e. The van der Waals surface area contributed by atoms with Crippen molar-refractivity contribution in [1.29, 1.82) is 0 Å². The molecular weight excluding hydrogens is 409 g/mol. The molecule has 1 amide bonds. The van der Waals surface area contributed by atoms with Gasteiger partial charge in [0.15, 0.2) is 9.84 Å². The van der Waals surface area contributed by atoms with Gasteiger partial charge in [-0.1, -0.05) is 6.07 Å². The molecule has 3 N–H and O–H groups in total. The van der Waals surface area contributed by atoms with Crippen LogP contribution < -0.4 is 16.0 Å². The average molecular weight is 436 g/mol. The number of halogens is 2. The number of sulfone groups is 1. The van der Waals surface area contributed by atoms with Gasteiger partial charge in [-0.3, -0.25) is 4.79 Å². The van der Waals surface area contributed by atoms with Gasteiger partial charge in [0.1, 0.15) is 0 Å². The van der Waals surface area contributed by atoms with E-state index in [1.54, 1.807) is 0 Å². The number of nitrogens with zero attached hydrogens (tertiary/aromatic N) is 1. The Hall–Kier alpha value is -1.02. The number of hydrogen-bond acceptors (Lipinski definition) is 5. The molecule has 2 saturated carbocycles. The summed E-state index contributed by atoms with van der Waals surface area (Å²) < 4.78 is 23.2. The zero-order valence-corrected chi connectivity index (χ0v) is 17.5. The predicted molar refractivity (Wildman–Crippen MR) is 113 cm³/mol. The summed E-state index contributed by atoms with van der Waals surface area (Å²) in [5.41, 5.74) is 7.97. The van der Waals surface area contributed by atoms with Crippen LogP contribution in [0.15, 0.2) is 24.3 Å². The number of rotatable bonds is 3. The largest absolute Gasteiger partial charge is 0.369 e. The number of carbonyl (C=O) groups is 1. The van der Waals surface area contributed by atoms with Crippen LogP contribution in [0.4, 0.5) is 11.4 Å². The van der Waals surface area contributed by atoms with E-state index in [-0.39, 0.29) is 54.2 Å². The number of nitrogens with one attached hydrogen (secondary N) is 1. The lowest BCUT2D eigenvalue weighted by Crippen LogP contribution is -2.42. The van der Waals surface area contributed by atoms with Crippen molar-refractivity contribution in [3.8, 4) is 0 Å². The van der Waals surface area contributed by atoms with Gasteiger partial charge in [0.05, 0.1) is 17.4 Å². The SMILES string of the molecule is Cl.Cl.NC1C2CCC(C2)C1C(=O)Nc1cccc(N2CCS(=O)(=O)CC2)c1. The summed E-state index contributed by atoms with van der Waals surface area (Å²) in [5.74, 6) is 1.24. The van der Waals surface area contributed by atoms with Gasteiger partial charge in [-0.2, -0.15) is 0 Å². The summed E-state index contributed by atoms with van der Waals surface area (Å²) in [5, 5.41) is 3.03. The Balaban J connectivity index is 0.00000131. The summed E-state index contributed by atoms with van der Waals surface area (Å²) in [6, 6.07) is 7.63. The molecule has 3 aliphatic rings. The van der Waals surface area contributed by atoms with E-state index in [0.717, 1.165) is 30.6 Å². The Labute approximate surface area is 173 Å². The van der Waals surface area contributed by atoms with Crippen molar-refractivity contribution in [2.24, 2.45) is 23.5 Å². The van der Waals surface area contributed by atoms with Crippen molar-refractivity contribution in [1.82, 2.24) is 0 Å². The molecule has 1 heterocycles. The van der Waals surface area contributed by atoms with Gasteiger partial charge in [0, 0.05) is 30.5 Å². The Bertz CT molecular complexity index is 774. The maximum atomic E-state index is 12.7. The van der Waals surface area contributed by atoms with Crippen molar-refractivity contribution < 1.29 is 13.2 Å². The van der Waals surface area contributed by atoms with E-state index in [1.807, 2.05) is 24.3 Å². The number of anilines is 2. The van der Waals surface area contributed by atoms with E-state index in [9.17, 15) is 13.2 Å². The third-order valence-electron chi connectivity index (χ3n) is 6.11. The highest BCUT2D eigenvalue weighted by Gasteiger charge is 2.49. The second kappa shape index (κ2) is 8.55.